The highest BCUT2D eigenvalue weighted by molar-refractivity contribution is 6.31. The Hall–Kier alpha value is -0.560. The summed E-state index contributed by atoms with van der Waals surface area (Å²) in [5.41, 5.74) is 1.47. The highest BCUT2D eigenvalue weighted by Crippen LogP contribution is 2.22. The maximum atomic E-state index is 13.0. The standard InChI is InChI=1S/C9H10ClF/c1-3-7-5-4-6(2)9(11)8(7)10/h4-5H,3H2,1-2H3. The molecule has 0 nitrogen and oxygen atoms in total. The summed E-state index contributed by atoms with van der Waals surface area (Å²) >= 11 is 5.72. The summed E-state index contributed by atoms with van der Waals surface area (Å²) in [6.45, 7) is 3.66. The molecule has 0 bridgehead atoms. The van der Waals surface area contributed by atoms with Gasteiger partial charge in [0.1, 0.15) is 5.82 Å². The molecule has 0 N–H and O–H groups in total. The quantitative estimate of drug-likeness (QED) is 0.610. The van der Waals surface area contributed by atoms with Crippen molar-refractivity contribution in [3.8, 4) is 0 Å². The Morgan fingerprint density at radius 2 is 2.09 bits per heavy atom. The van der Waals surface area contributed by atoms with Crippen molar-refractivity contribution in [3.05, 3.63) is 34.1 Å². The second kappa shape index (κ2) is 3.22. The van der Waals surface area contributed by atoms with Gasteiger partial charge in [-0.1, -0.05) is 30.7 Å². The first-order chi connectivity index (χ1) is 5.16. The predicted molar refractivity (Wildman–Crippen MR) is 45.5 cm³/mol. The molecule has 11 heavy (non-hydrogen) atoms. The number of hydrogen-bond acceptors (Lipinski definition) is 0. The maximum absolute atomic E-state index is 13.0. The monoisotopic (exact) mass is 172 g/mol. The second-order valence-electron chi connectivity index (χ2n) is 2.52. The van der Waals surface area contributed by atoms with Crippen LogP contribution in [-0.2, 0) is 6.42 Å². The fourth-order valence-corrected chi connectivity index (χ4v) is 1.30. The molecule has 0 heterocycles. The molecule has 1 aromatic rings. The number of aryl methyl sites for hydroxylation is 2. The zero-order chi connectivity index (χ0) is 8.43. The molecule has 0 atom stereocenters. The minimum absolute atomic E-state index is 0.271. The molecular weight excluding hydrogens is 163 g/mol. The molecule has 0 unspecified atom stereocenters. The van der Waals surface area contributed by atoms with E-state index in [1.54, 1.807) is 13.0 Å². The molecule has 0 saturated heterocycles. The third-order valence-corrected chi connectivity index (χ3v) is 2.14. The Morgan fingerprint density at radius 3 is 2.64 bits per heavy atom. The van der Waals surface area contributed by atoms with Crippen LogP contribution in [0, 0.1) is 12.7 Å². The van der Waals surface area contributed by atoms with Crippen molar-refractivity contribution in [2.24, 2.45) is 0 Å². The molecule has 0 fully saturated rings. The SMILES string of the molecule is CCc1ccc(C)c(F)c1Cl. The first-order valence-corrected chi connectivity index (χ1v) is 3.98. The highest BCUT2D eigenvalue weighted by Gasteiger charge is 2.06. The van der Waals surface area contributed by atoms with Gasteiger partial charge in [-0.2, -0.15) is 0 Å². The van der Waals surface area contributed by atoms with Gasteiger partial charge in [-0.05, 0) is 24.5 Å². The van der Waals surface area contributed by atoms with E-state index >= 15 is 0 Å². The molecule has 0 radical (unpaired) electrons. The summed E-state index contributed by atoms with van der Waals surface area (Å²) < 4.78 is 13.0. The molecule has 1 aromatic carbocycles. The lowest BCUT2D eigenvalue weighted by Crippen LogP contribution is -1.89. The van der Waals surface area contributed by atoms with Crippen molar-refractivity contribution in [1.82, 2.24) is 0 Å². The van der Waals surface area contributed by atoms with Crippen LogP contribution in [0.15, 0.2) is 12.1 Å². The Kier molecular flexibility index (Phi) is 2.50. The molecule has 0 saturated carbocycles. The first-order valence-electron chi connectivity index (χ1n) is 3.60. The van der Waals surface area contributed by atoms with Crippen LogP contribution < -0.4 is 0 Å². The summed E-state index contributed by atoms with van der Waals surface area (Å²) in [6.07, 6.45) is 0.774. The fourth-order valence-electron chi connectivity index (χ4n) is 0.959. The van der Waals surface area contributed by atoms with Crippen LogP contribution in [0.25, 0.3) is 0 Å². The molecule has 0 aliphatic carbocycles. The van der Waals surface area contributed by atoms with Crippen LogP contribution in [0.1, 0.15) is 18.1 Å². The minimum Gasteiger partial charge on any atom is -0.205 e. The zero-order valence-corrected chi connectivity index (χ0v) is 7.37. The van der Waals surface area contributed by atoms with Gasteiger partial charge in [0.15, 0.2) is 0 Å². The smallest absolute Gasteiger partial charge is 0.144 e. The van der Waals surface area contributed by atoms with Gasteiger partial charge < -0.3 is 0 Å². The lowest BCUT2D eigenvalue weighted by Gasteiger charge is -2.03. The van der Waals surface area contributed by atoms with E-state index in [9.17, 15) is 4.39 Å². The van der Waals surface area contributed by atoms with Crippen molar-refractivity contribution in [3.63, 3.8) is 0 Å². The molecule has 0 aliphatic heterocycles. The molecule has 1 rings (SSSR count). The van der Waals surface area contributed by atoms with Crippen molar-refractivity contribution in [2.45, 2.75) is 20.3 Å². The van der Waals surface area contributed by atoms with Crippen molar-refractivity contribution in [1.29, 1.82) is 0 Å². The molecule has 60 valence electrons. The second-order valence-corrected chi connectivity index (χ2v) is 2.90. The summed E-state index contributed by atoms with van der Waals surface area (Å²) in [5.74, 6) is -0.286. The average Bonchev–Trinajstić information content (AvgIpc) is 2.01. The van der Waals surface area contributed by atoms with Crippen LogP contribution >= 0.6 is 11.6 Å². The van der Waals surface area contributed by atoms with Gasteiger partial charge in [0, 0.05) is 0 Å². The molecule has 0 amide bonds. The Morgan fingerprint density at radius 1 is 1.45 bits per heavy atom. The number of rotatable bonds is 1. The van der Waals surface area contributed by atoms with Gasteiger partial charge >= 0.3 is 0 Å². The van der Waals surface area contributed by atoms with E-state index in [4.69, 9.17) is 11.6 Å². The van der Waals surface area contributed by atoms with E-state index < -0.39 is 0 Å². The molecule has 0 spiro atoms. The third kappa shape index (κ3) is 1.54. The Balaban J connectivity index is 3.25. The average molecular weight is 173 g/mol. The zero-order valence-electron chi connectivity index (χ0n) is 6.62. The van der Waals surface area contributed by atoms with Crippen molar-refractivity contribution < 1.29 is 4.39 Å². The molecule has 0 aliphatic rings. The number of benzene rings is 1. The minimum atomic E-state index is -0.286. The number of halogens is 2. The van der Waals surface area contributed by atoms with Gasteiger partial charge in [-0.15, -0.1) is 0 Å². The summed E-state index contributed by atoms with van der Waals surface area (Å²) in [7, 11) is 0. The van der Waals surface area contributed by atoms with Crippen molar-refractivity contribution in [2.75, 3.05) is 0 Å². The fraction of sp³-hybridized carbons (Fsp3) is 0.333. The lowest BCUT2D eigenvalue weighted by atomic mass is 10.1. The van der Waals surface area contributed by atoms with Gasteiger partial charge in [0.2, 0.25) is 0 Å². The van der Waals surface area contributed by atoms with Gasteiger partial charge in [0.05, 0.1) is 5.02 Å². The van der Waals surface area contributed by atoms with Gasteiger partial charge in [-0.25, -0.2) is 4.39 Å². The molecular formula is C9H10ClF. The third-order valence-electron chi connectivity index (χ3n) is 1.74. The van der Waals surface area contributed by atoms with Crippen LogP contribution in [0.3, 0.4) is 0 Å². The maximum Gasteiger partial charge on any atom is 0.144 e. The Labute approximate surface area is 71.0 Å². The van der Waals surface area contributed by atoms with E-state index in [0.717, 1.165) is 12.0 Å². The van der Waals surface area contributed by atoms with E-state index in [-0.39, 0.29) is 10.8 Å². The van der Waals surface area contributed by atoms with Gasteiger partial charge in [-0.3, -0.25) is 0 Å². The largest absolute Gasteiger partial charge is 0.205 e. The topological polar surface area (TPSA) is 0 Å². The summed E-state index contributed by atoms with van der Waals surface area (Å²) in [4.78, 5) is 0. The van der Waals surface area contributed by atoms with Crippen LogP contribution in [0.2, 0.25) is 5.02 Å². The predicted octanol–water partition coefficient (Wildman–Crippen LogP) is 3.35. The van der Waals surface area contributed by atoms with Crippen LogP contribution in [0.4, 0.5) is 4.39 Å². The van der Waals surface area contributed by atoms with E-state index in [1.807, 2.05) is 13.0 Å². The van der Waals surface area contributed by atoms with E-state index in [0.29, 0.717) is 5.56 Å². The van der Waals surface area contributed by atoms with Gasteiger partial charge in [0.25, 0.3) is 0 Å². The number of hydrogen-bond donors (Lipinski definition) is 0. The Bertz CT molecular complexity index is 269. The normalized spacial score (nSPS) is 10.2. The molecule has 0 aromatic heterocycles. The summed E-state index contributed by atoms with van der Waals surface area (Å²) in [6, 6.07) is 3.61. The summed E-state index contributed by atoms with van der Waals surface area (Å²) in [5, 5.41) is 0.271. The highest BCUT2D eigenvalue weighted by atomic mass is 35.5. The first kappa shape index (κ1) is 8.54. The van der Waals surface area contributed by atoms with Crippen LogP contribution in [0.5, 0.6) is 0 Å². The van der Waals surface area contributed by atoms with E-state index in [2.05, 4.69) is 0 Å². The van der Waals surface area contributed by atoms with E-state index in [1.165, 1.54) is 0 Å². The van der Waals surface area contributed by atoms with Crippen molar-refractivity contribution >= 4 is 11.6 Å². The molecule has 2 heteroatoms. The lowest BCUT2D eigenvalue weighted by molar-refractivity contribution is 0.617. The van der Waals surface area contributed by atoms with Crippen LogP contribution in [-0.4, -0.2) is 0 Å².